The highest BCUT2D eigenvalue weighted by atomic mass is 35.5. The van der Waals surface area contributed by atoms with E-state index in [0.717, 1.165) is 35.2 Å². The summed E-state index contributed by atoms with van der Waals surface area (Å²) in [7, 11) is 4.74. The first kappa shape index (κ1) is 24.5. The number of thiazole rings is 1. The van der Waals surface area contributed by atoms with E-state index < -0.39 is 0 Å². The van der Waals surface area contributed by atoms with Gasteiger partial charge in [0, 0.05) is 22.2 Å². The highest BCUT2D eigenvalue weighted by molar-refractivity contribution is 7.07. The summed E-state index contributed by atoms with van der Waals surface area (Å²) in [6.07, 6.45) is 3.52. The predicted molar refractivity (Wildman–Crippen MR) is 150 cm³/mol. The molecular formula is C30H25ClN2O4S. The third kappa shape index (κ3) is 3.94. The molecule has 6 nitrogen and oxygen atoms in total. The molecular weight excluding hydrogens is 520 g/mol. The third-order valence-electron chi connectivity index (χ3n) is 7.10. The summed E-state index contributed by atoms with van der Waals surface area (Å²) in [6.45, 7) is 0. The minimum Gasteiger partial charge on any atom is -0.496 e. The summed E-state index contributed by atoms with van der Waals surface area (Å²) < 4.78 is 18.8. The van der Waals surface area contributed by atoms with E-state index in [1.807, 2.05) is 42.5 Å². The molecule has 38 heavy (non-hydrogen) atoms. The zero-order valence-electron chi connectivity index (χ0n) is 21.2. The van der Waals surface area contributed by atoms with Crippen molar-refractivity contribution in [3.8, 4) is 17.2 Å². The number of allylic oxidation sites excluding steroid dienone is 1. The topological polar surface area (TPSA) is 62.1 Å². The van der Waals surface area contributed by atoms with Crippen LogP contribution in [0.5, 0.6) is 17.2 Å². The average Bonchev–Trinajstić information content (AvgIpc) is 3.26. The summed E-state index contributed by atoms with van der Waals surface area (Å²) in [4.78, 5) is 19.7. The van der Waals surface area contributed by atoms with Crippen LogP contribution >= 0.6 is 22.9 Å². The molecule has 0 amide bonds. The first-order chi connectivity index (χ1) is 18.5. The molecule has 1 aromatic heterocycles. The van der Waals surface area contributed by atoms with Crippen molar-refractivity contribution in [2.45, 2.75) is 18.9 Å². The minimum atomic E-state index is -0.335. The van der Waals surface area contributed by atoms with Gasteiger partial charge in [-0.25, -0.2) is 4.99 Å². The number of halogens is 1. The van der Waals surface area contributed by atoms with Gasteiger partial charge in [0.2, 0.25) is 0 Å². The highest BCUT2D eigenvalue weighted by Gasteiger charge is 2.33. The Balaban J connectivity index is 1.62. The Bertz CT molecular complexity index is 1790. The van der Waals surface area contributed by atoms with Crippen LogP contribution in [0.2, 0.25) is 5.02 Å². The van der Waals surface area contributed by atoms with E-state index in [4.69, 9.17) is 30.8 Å². The molecule has 0 N–H and O–H groups in total. The number of methoxy groups -OCH3 is 3. The highest BCUT2D eigenvalue weighted by Crippen LogP contribution is 2.42. The summed E-state index contributed by atoms with van der Waals surface area (Å²) in [5.74, 6) is 1.67. The van der Waals surface area contributed by atoms with Gasteiger partial charge in [-0.05, 0) is 47.8 Å². The number of ether oxygens (including phenoxy) is 3. The van der Waals surface area contributed by atoms with Gasteiger partial charge in [-0.15, -0.1) is 0 Å². The van der Waals surface area contributed by atoms with Crippen molar-refractivity contribution >= 4 is 34.7 Å². The van der Waals surface area contributed by atoms with Crippen molar-refractivity contribution in [1.29, 1.82) is 0 Å². The Labute approximate surface area is 228 Å². The summed E-state index contributed by atoms with van der Waals surface area (Å²) in [5.41, 5.74) is 5.91. The second kappa shape index (κ2) is 9.82. The van der Waals surface area contributed by atoms with E-state index in [0.29, 0.717) is 37.2 Å². The van der Waals surface area contributed by atoms with Crippen molar-refractivity contribution in [2.75, 3.05) is 21.3 Å². The molecule has 1 aliphatic carbocycles. The number of hydrogen-bond donors (Lipinski definition) is 0. The number of hydrogen-bond acceptors (Lipinski definition) is 6. The maximum atomic E-state index is 14.0. The van der Waals surface area contributed by atoms with Crippen LogP contribution in [0.15, 0.2) is 76.0 Å². The van der Waals surface area contributed by atoms with Crippen molar-refractivity contribution in [3.05, 3.63) is 113 Å². The lowest BCUT2D eigenvalue weighted by atomic mass is 9.83. The van der Waals surface area contributed by atoms with Gasteiger partial charge in [-0.2, -0.15) is 0 Å². The van der Waals surface area contributed by atoms with E-state index in [-0.39, 0.29) is 11.6 Å². The molecule has 1 unspecified atom stereocenters. The number of fused-ring (bicyclic) bond motifs is 3. The van der Waals surface area contributed by atoms with Crippen LogP contribution in [0, 0.1) is 0 Å². The molecule has 8 heteroatoms. The van der Waals surface area contributed by atoms with E-state index >= 15 is 0 Å². The molecule has 0 bridgehead atoms. The molecule has 0 spiro atoms. The summed E-state index contributed by atoms with van der Waals surface area (Å²) in [6, 6.07) is 19.3. The third-order valence-corrected chi connectivity index (χ3v) is 8.42. The molecule has 6 rings (SSSR count). The quantitative estimate of drug-likeness (QED) is 0.355. The van der Waals surface area contributed by atoms with Crippen LogP contribution in [-0.2, 0) is 6.42 Å². The van der Waals surface area contributed by atoms with Crippen LogP contribution in [0.3, 0.4) is 0 Å². The lowest BCUT2D eigenvalue weighted by Gasteiger charge is -2.31. The SMILES string of the molecule is COc1cc(OC)c(OC)cc1C=c1sc2n(c1=O)C(c1ccccc1Cl)C1=C(N=2)c2ccccc2CC1. The lowest BCUT2D eigenvalue weighted by Crippen LogP contribution is -2.38. The van der Waals surface area contributed by atoms with Crippen LogP contribution in [0.25, 0.3) is 11.8 Å². The molecule has 0 saturated carbocycles. The van der Waals surface area contributed by atoms with Crippen LogP contribution < -0.4 is 29.1 Å². The van der Waals surface area contributed by atoms with Gasteiger partial charge in [0.1, 0.15) is 5.75 Å². The molecule has 1 aliphatic heterocycles. The van der Waals surface area contributed by atoms with Crippen LogP contribution in [0.1, 0.15) is 34.7 Å². The normalized spacial score (nSPS) is 16.3. The Morgan fingerprint density at radius 1 is 0.947 bits per heavy atom. The van der Waals surface area contributed by atoms with E-state index in [1.165, 1.54) is 16.9 Å². The molecule has 4 aromatic rings. The van der Waals surface area contributed by atoms with Gasteiger partial charge in [0.05, 0.1) is 37.6 Å². The van der Waals surface area contributed by atoms with E-state index in [2.05, 4.69) is 18.2 Å². The van der Waals surface area contributed by atoms with E-state index in [9.17, 15) is 4.79 Å². The van der Waals surface area contributed by atoms with Gasteiger partial charge in [0.25, 0.3) is 5.56 Å². The summed E-state index contributed by atoms with van der Waals surface area (Å²) >= 11 is 8.09. The molecule has 2 heterocycles. The van der Waals surface area contributed by atoms with Gasteiger partial charge in [-0.1, -0.05) is 65.4 Å². The molecule has 0 fully saturated rings. The second-order valence-electron chi connectivity index (χ2n) is 9.08. The lowest BCUT2D eigenvalue weighted by molar-refractivity contribution is 0.348. The predicted octanol–water partition coefficient (Wildman–Crippen LogP) is 5.00. The smallest absolute Gasteiger partial charge is 0.271 e. The number of nitrogens with zero attached hydrogens (tertiary/aromatic N) is 2. The zero-order valence-corrected chi connectivity index (χ0v) is 22.7. The number of aromatic nitrogens is 1. The van der Waals surface area contributed by atoms with Crippen molar-refractivity contribution in [1.82, 2.24) is 4.57 Å². The molecule has 2 aliphatic rings. The zero-order chi connectivity index (χ0) is 26.4. The Morgan fingerprint density at radius 2 is 1.66 bits per heavy atom. The van der Waals surface area contributed by atoms with E-state index in [1.54, 1.807) is 32.0 Å². The fourth-order valence-electron chi connectivity index (χ4n) is 5.30. The van der Waals surface area contributed by atoms with Gasteiger partial charge < -0.3 is 14.2 Å². The van der Waals surface area contributed by atoms with Crippen molar-refractivity contribution in [2.24, 2.45) is 4.99 Å². The maximum Gasteiger partial charge on any atom is 0.271 e. The number of rotatable bonds is 5. The largest absolute Gasteiger partial charge is 0.496 e. The first-order valence-electron chi connectivity index (χ1n) is 12.2. The van der Waals surface area contributed by atoms with Crippen LogP contribution in [0.4, 0.5) is 0 Å². The molecule has 1 atom stereocenters. The molecule has 0 radical (unpaired) electrons. The van der Waals surface area contributed by atoms with Gasteiger partial charge in [0.15, 0.2) is 16.3 Å². The fourth-order valence-corrected chi connectivity index (χ4v) is 6.53. The monoisotopic (exact) mass is 544 g/mol. The van der Waals surface area contributed by atoms with Gasteiger partial charge in [-0.3, -0.25) is 9.36 Å². The fraction of sp³-hybridized carbons (Fsp3) is 0.200. The first-order valence-corrected chi connectivity index (χ1v) is 13.4. The van der Waals surface area contributed by atoms with Crippen LogP contribution in [-0.4, -0.2) is 25.9 Å². The second-order valence-corrected chi connectivity index (χ2v) is 10.5. The molecule has 192 valence electrons. The van der Waals surface area contributed by atoms with Crippen molar-refractivity contribution < 1.29 is 14.2 Å². The van der Waals surface area contributed by atoms with Gasteiger partial charge >= 0.3 is 0 Å². The maximum absolute atomic E-state index is 14.0. The Kier molecular flexibility index (Phi) is 6.33. The average molecular weight is 545 g/mol. The Hall–Kier alpha value is -3.81. The summed E-state index contributed by atoms with van der Waals surface area (Å²) in [5, 5.41) is 0.626. The standard InChI is InChI=1S/C30H25ClN2O4S/c1-35-23-16-25(37-3)24(36-2)14-18(23)15-26-29(34)33-28(20-10-6-7-11-22(20)31)21-13-12-17-8-4-5-9-19(17)27(21)32-30(33)38-26/h4-11,14-16,28H,12-13H2,1-3H3. The minimum absolute atomic E-state index is 0.124. The number of benzene rings is 3. The Morgan fingerprint density at radius 3 is 2.42 bits per heavy atom. The van der Waals surface area contributed by atoms with Crippen molar-refractivity contribution in [3.63, 3.8) is 0 Å². The molecule has 3 aromatic carbocycles. The molecule has 0 saturated heterocycles. The number of aryl methyl sites for hydroxylation is 1.